The predicted molar refractivity (Wildman–Crippen MR) is 88.5 cm³/mol. The Balaban J connectivity index is 2.16. The van der Waals surface area contributed by atoms with E-state index in [-0.39, 0.29) is 11.7 Å². The van der Waals surface area contributed by atoms with Crippen LogP contribution >= 0.6 is 15.9 Å². The number of aromatic hydroxyl groups is 1. The number of phenolic OH excluding ortho intramolecular Hbond substituents is 1. The molecule has 0 aliphatic carbocycles. The number of para-hydroxylation sites is 1. The highest BCUT2D eigenvalue weighted by Crippen LogP contribution is 2.29. The van der Waals surface area contributed by atoms with E-state index in [0.717, 1.165) is 4.47 Å². The number of halogens is 1. The number of phenols is 1. The molecule has 6 heteroatoms. The second kappa shape index (κ2) is 7.09. The molecule has 0 aliphatic heterocycles. The smallest absolute Gasteiger partial charge is 0.271 e. The standard InChI is InChI=1S/C16H15BrN2O3/c1-10(13-4-3-5-14(22-2)15(13)20)18-19-16(21)11-6-8-12(17)9-7-11/h3-9,20H,1-2H3,(H,19,21)/b18-10+. The minimum Gasteiger partial charge on any atom is -0.504 e. The van der Waals surface area contributed by atoms with Crippen molar-refractivity contribution >= 4 is 27.5 Å². The van der Waals surface area contributed by atoms with E-state index < -0.39 is 0 Å². The van der Waals surface area contributed by atoms with Gasteiger partial charge in [-0.3, -0.25) is 4.79 Å². The van der Waals surface area contributed by atoms with Crippen LogP contribution in [0, 0.1) is 0 Å². The summed E-state index contributed by atoms with van der Waals surface area (Å²) in [4.78, 5) is 12.0. The summed E-state index contributed by atoms with van der Waals surface area (Å²) in [6, 6.07) is 12.0. The van der Waals surface area contributed by atoms with E-state index in [1.54, 1.807) is 49.4 Å². The molecule has 0 saturated heterocycles. The van der Waals surface area contributed by atoms with Crippen molar-refractivity contribution in [2.24, 2.45) is 5.10 Å². The summed E-state index contributed by atoms with van der Waals surface area (Å²) in [5.41, 5.74) is 3.93. The van der Waals surface area contributed by atoms with Crippen molar-refractivity contribution < 1.29 is 14.6 Å². The second-order valence-corrected chi connectivity index (χ2v) is 5.42. The van der Waals surface area contributed by atoms with E-state index in [0.29, 0.717) is 22.6 Å². The average molecular weight is 363 g/mol. The highest BCUT2D eigenvalue weighted by atomic mass is 79.9. The first-order valence-corrected chi connectivity index (χ1v) is 7.28. The first-order valence-electron chi connectivity index (χ1n) is 6.49. The van der Waals surface area contributed by atoms with Crippen LogP contribution in [0.1, 0.15) is 22.8 Å². The van der Waals surface area contributed by atoms with Gasteiger partial charge in [0.2, 0.25) is 0 Å². The minimum atomic E-state index is -0.325. The number of hydrazone groups is 1. The number of hydrogen-bond acceptors (Lipinski definition) is 4. The molecule has 0 spiro atoms. The lowest BCUT2D eigenvalue weighted by atomic mass is 10.1. The summed E-state index contributed by atoms with van der Waals surface area (Å²) in [6.07, 6.45) is 0. The molecule has 0 aromatic heterocycles. The Bertz CT molecular complexity index is 712. The lowest BCUT2D eigenvalue weighted by Crippen LogP contribution is -2.19. The van der Waals surface area contributed by atoms with Gasteiger partial charge in [0.25, 0.3) is 5.91 Å². The number of hydrogen-bond donors (Lipinski definition) is 2. The van der Waals surface area contributed by atoms with Crippen LogP contribution in [-0.4, -0.2) is 23.8 Å². The van der Waals surface area contributed by atoms with Crippen LogP contribution in [0.15, 0.2) is 52.0 Å². The Hall–Kier alpha value is -2.34. The van der Waals surface area contributed by atoms with Crippen molar-refractivity contribution in [2.75, 3.05) is 7.11 Å². The van der Waals surface area contributed by atoms with Crippen molar-refractivity contribution in [3.8, 4) is 11.5 Å². The molecule has 0 bridgehead atoms. The Labute approximate surface area is 136 Å². The van der Waals surface area contributed by atoms with Crippen molar-refractivity contribution in [3.05, 3.63) is 58.1 Å². The summed E-state index contributed by atoms with van der Waals surface area (Å²) >= 11 is 3.31. The van der Waals surface area contributed by atoms with Crippen molar-refractivity contribution in [3.63, 3.8) is 0 Å². The number of nitrogens with one attached hydrogen (secondary N) is 1. The van der Waals surface area contributed by atoms with Gasteiger partial charge in [0.15, 0.2) is 11.5 Å². The van der Waals surface area contributed by atoms with Gasteiger partial charge in [-0.25, -0.2) is 5.43 Å². The van der Waals surface area contributed by atoms with Crippen LogP contribution in [0.4, 0.5) is 0 Å². The molecule has 0 fully saturated rings. The van der Waals surface area contributed by atoms with Crippen molar-refractivity contribution in [1.82, 2.24) is 5.43 Å². The van der Waals surface area contributed by atoms with Gasteiger partial charge in [-0.15, -0.1) is 0 Å². The van der Waals surface area contributed by atoms with Gasteiger partial charge in [-0.1, -0.05) is 22.0 Å². The zero-order valence-electron chi connectivity index (χ0n) is 12.1. The number of carbonyl (C=O) groups is 1. The largest absolute Gasteiger partial charge is 0.504 e. The van der Waals surface area contributed by atoms with Crippen LogP contribution in [0.25, 0.3) is 0 Å². The fourth-order valence-corrected chi connectivity index (χ4v) is 2.10. The molecule has 0 aliphatic rings. The van der Waals surface area contributed by atoms with E-state index in [1.165, 1.54) is 7.11 Å². The molecule has 0 atom stereocenters. The normalized spacial score (nSPS) is 11.1. The van der Waals surface area contributed by atoms with Crippen LogP contribution in [0.3, 0.4) is 0 Å². The molecule has 114 valence electrons. The number of nitrogens with zero attached hydrogens (tertiary/aromatic N) is 1. The van der Waals surface area contributed by atoms with Gasteiger partial charge >= 0.3 is 0 Å². The Morgan fingerprint density at radius 1 is 1.23 bits per heavy atom. The molecule has 0 heterocycles. The van der Waals surface area contributed by atoms with Gasteiger partial charge in [0.1, 0.15) is 0 Å². The summed E-state index contributed by atoms with van der Waals surface area (Å²) in [7, 11) is 1.47. The maximum atomic E-state index is 12.0. The number of carbonyl (C=O) groups excluding carboxylic acids is 1. The second-order valence-electron chi connectivity index (χ2n) is 4.50. The SMILES string of the molecule is COc1cccc(/C(C)=N/NC(=O)c2ccc(Br)cc2)c1O. The molecule has 5 nitrogen and oxygen atoms in total. The number of amides is 1. The summed E-state index contributed by atoms with van der Waals surface area (Å²) in [6.45, 7) is 1.69. The molecule has 0 unspecified atom stereocenters. The third-order valence-corrected chi connectivity index (χ3v) is 3.57. The molecular weight excluding hydrogens is 348 g/mol. The van der Waals surface area contributed by atoms with Gasteiger partial charge in [-0.05, 0) is 43.3 Å². The van der Waals surface area contributed by atoms with Gasteiger partial charge in [0.05, 0.1) is 12.8 Å². The van der Waals surface area contributed by atoms with Crippen molar-refractivity contribution in [2.45, 2.75) is 6.92 Å². The molecule has 2 aromatic rings. The number of ether oxygens (including phenoxy) is 1. The van der Waals surface area contributed by atoms with Gasteiger partial charge < -0.3 is 9.84 Å². The third-order valence-electron chi connectivity index (χ3n) is 3.04. The van der Waals surface area contributed by atoms with E-state index in [2.05, 4.69) is 26.5 Å². The van der Waals surface area contributed by atoms with Crippen LogP contribution < -0.4 is 10.2 Å². The monoisotopic (exact) mass is 362 g/mol. The maximum absolute atomic E-state index is 12.0. The Morgan fingerprint density at radius 2 is 1.91 bits per heavy atom. The van der Waals surface area contributed by atoms with Crippen LogP contribution in [-0.2, 0) is 0 Å². The van der Waals surface area contributed by atoms with Crippen molar-refractivity contribution in [1.29, 1.82) is 0 Å². The molecule has 2 aromatic carbocycles. The van der Waals surface area contributed by atoms with Crippen LogP contribution in [0.2, 0.25) is 0 Å². The van der Waals surface area contributed by atoms with Gasteiger partial charge in [0, 0.05) is 15.6 Å². The van der Waals surface area contributed by atoms with Gasteiger partial charge in [-0.2, -0.15) is 5.10 Å². The lowest BCUT2D eigenvalue weighted by Gasteiger charge is -2.08. The molecule has 2 N–H and O–H groups in total. The molecule has 0 saturated carbocycles. The van der Waals surface area contributed by atoms with E-state index >= 15 is 0 Å². The minimum absolute atomic E-state index is 0.0101. The predicted octanol–water partition coefficient (Wildman–Crippen LogP) is 3.32. The number of rotatable bonds is 4. The third kappa shape index (κ3) is 3.65. The summed E-state index contributed by atoms with van der Waals surface area (Å²) in [5, 5.41) is 14.1. The highest BCUT2D eigenvalue weighted by Gasteiger charge is 2.10. The lowest BCUT2D eigenvalue weighted by molar-refractivity contribution is 0.0955. The van der Waals surface area contributed by atoms with E-state index in [9.17, 15) is 9.90 Å². The first-order chi connectivity index (χ1) is 10.5. The Morgan fingerprint density at radius 3 is 2.55 bits per heavy atom. The Kier molecular flexibility index (Phi) is 5.16. The quantitative estimate of drug-likeness (QED) is 0.647. The van der Waals surface area contributed by atoms with E-state index in [1.807, 2.05) is 0 Å². The molecule has 2 rings (SSSR count). The average Bonchev–Trinajstić information content (AvgIpc) is 2.53. The molecule has 0 radical (unpaired) electrons. The molecular formula is C16H15BrN2O3. The maximum Gasteiger partial charge on any atom is 0.271 e. The molecule has 22 heavy (non-hydrogen) atoms. The topological polar surface area (TPSA) is 70.9 Å². The number of methoxy groups -OCH3 is 1. The zero-order valence-corrected chi connectivity index (χ0v) is 13.7. The summed E-state index contributed by atoms with van der Waals surface area (Å²) < 4.78 is 5.94. The fraction of sp³-hybridized carbons (Fsp3) is 0.125. The van der Waals surface area contributed by atoms with Crippen LogP contribution in [0.5, 0.6) is 11.5 Å². The first kappa shape index (κ1) is 16.0. The fourth-order valence-electron chi connectivity index (χ4n) is 1.84. The summed E-state index contributed by atoms with van der Waals surface area (Å²) in [5.74, 6) is 0.0182. The van der Waals surface area contributed by atoms with E-state index in [4.69, 9.17) is 4.74 Å². The zero-order chi connectivity index (χ0) is 16.1. The molecule has 1 amide bonds. The number of benzene rings is 2. The highest BCUT2D eigenvalue weighted by molar-refractivity contribution is 9.10.